The third-order valence-corrected chi connectivity index (χ3v) is 6.06. The second-order valence-electron chi connectivity index (χ2n) is 9.55. The van der Waals surface area contributed by atoms with Crippen molar-refractivity contribution in [2.24, 2.45) is 15.4 Å². The van der Waals surface area contributed by atoms with Crippen molar-refractivity contribution in [3.63, 3.8) is 0 Å². The zero-order valence-corrected chi connectivity index (χ0v) is 18.5. The number of carbonyl (C=O) groups excluding carboxylic acids is 1. The van der Waals surface area contributed by atoms with Crippen LogP contribution >= 0.6 is 0 Å². The van der Waals surface area contributed by atoms with Crippen LogP contribution in [-0.4, -0.2) is 52.4 Å². The Morgan fingerprint density at radius 2 is 2.07 bits per heavy atom. The summed E-state index contributed by atoms with van der Waals surface area (Å²) in [6.45, 7) is 12.3. The van der Waals surface area contributed by atoms with Crippen molar-refractivity contribution >= 4 is 29.2 Å². The fourth-order valence-corrected chi connectivity index (χ4v) is 4.38. The van der Waals surface area contributed by atoms with Gasteiger partial charge < -0.3 is 19.4 Å². The molecular weight excluding hydrogens is 380 g/mol. The lowest BCUT2D eigenvalue weighted by atomic mass is 9.73. The van der Waals surface area contributed by atoms with Crippen LogP contribution in [0.2, 0.25) is 0 Å². The second kappa shape index (κ2) is 7.15. The number of aromatic nitrogens is 1. The largest absolute Gasteiger partial charge is 0.444 e. The van der Waals surface area contributed by atoms with Crippen molar-refractivity contribution in [3.8, 4) is 5.75 Å². The van der Waals surface area contributed by atoms with E-state index in [-0.39, 0.29) is 18.2 Å². The fraction of sp³-hybridized carbons (Fsp3) is 0.522. The molecule has 1 N–H and O–H groups in total. The zero-order chi connectivity index (χ0) is 21.7. The number of H-pyrrole nitrogens is 1. The van der Waals surface area contributed by atoms with Gasteiger partial charge in [-0.3, -0.25) is 4.99 Å². The lowest BCUT2D eigenvalue weighted by molar-refractivity contribution is -0.00116. The molecule has 2 unspecified atom stereocenters. The van der Waals surface area contributed by atoms with Crippen molar-refractivity contribution in [1.29, 1.82) is 0 Å². The van der Waals surface area contributed by atoms with Crippen molar-refractivity contribution in [3.05, 3.63) is 30.0 Å². The van der Waals surface area contributed by atoms with E-state index in [9.17, 15) is 4.79 Å². The summed E-state index contributed by atoms with van der Waals surface area (Å²) in [4.78, 5) is 26.8. The van der Waals surface area contributed by atoms with Crippen molar-refractivity contribution < 1.29 is 14.3 Å². The Labute approximate surface area is 177 Å². The molecule has 7 heteroatoms. The maximum absolute atomic E-state index is 12.7. The maximum atomic E-state index is 12.7. The minimum Gasteiger partial charge on any atom is -0.444 e. The van der Waals surface area contributed by atoms with Crippen LogP contribution in [0.1, 0.15) is 46.6 Å². The Morgan fingerprint density at radius 3 is 2.80 bits per heavy atom. The summed E-state index contributed by atoms with van der Waals surface area (Å²) < 4.78 is 12.0. The van der Waals surface area contributed by atoms with Crippen LogP contribution in [0.15, 0.2) is 34.4 Å². The van der Waals surface area contributed by atoms with E-state index < -0.39 is 11.0 Å². The monoisotopic (exact) mass is 410 g/mol. The molecule has 4 rings (SSSR count). The SMILES string of the molecule is Cc1c(OC2=NC=NC3CN(C(=O)OC(C)(C)C)[C@@H](C)CC23C)ccc2[nH]ccc12. The van der Waals surface area contributed by atoms with E-state index in [1.165, 1.54) is 0 Å². The summed E-state index contributed by atoms with van der Waals surface area (Å²) in [5.41, 5.74) is 1.22. The Morgan fingerprint density at radius 1 is 1.30 bits per heavy atom. The van der Waals surface area contributed by atoms with Crippen LogP contribution in [0, 0.1) is 12.3 Å². The van der Waals surface area contributed by atoms with Crippen LogP contribution < -0.4 is 4.74 Å². The van der Waals surface area contributed by atoms with Gasteiger partial charge in [-0.2, -0.15) is 0 Å². The van der Waals surface area contributed by atoms with Gasteiger partial charge in [-0.05, 0) is 66.2 Å². The molecule has 30 heavy (non-hydrogen) atoms. The van der Waals surface area contributed by atoms with E-state index in [2.05, 4.69) is 28.8 Å². The van der Waals surface area contributed by atoms with Gasteiger partial charge in [-0.15, -0.1) is 0 Å². The van der Waals surface area contributed by atoms with Crippen LogP contribution in [0.25, 0.3) is 10.9 Å². The molecule has 160 valence electrons. The molecule has 0 spiro atoms. The highest BCUT2D eigenvalue weighted by molar-refractivity contribution is 5.94. The van der Waals surface area contributed by atoms with E-state index in [1.807, 2.05) is 52.1 Å². The topological polar surface area (TPSA) is 79.3 Å². The third kappa shape index (κ3) is 3.57. The number of aryl methyl sites for hydroxylation is 1. The van der Waals surface area contributed by atoms with Gasteiger partial charge in [-0.1, -0.05) is 0 Å². The zero-order valence-electron chi connectivity index (χ0n) is 18.5. The maximum Gasteiger partial charge on any atom is 0.410 e. The number of fused-ring (bicyclic) bond motifs is 2. The van der Waals surface area contributed by atoms with E-state index in [1.54, 1.807) is 11.2 Å². The van der Waals surface area contributed by atoms with E-state index in [4.69, 9.17) is 9.47 Å². The first kappa shape index (κ1) is 20.4. The molecule has 2 aliphatic heterocycles. The highest BCUT2D eigenvalue weighted by Gasteiger charge is 2.50. The van der Waals surface area contributed by atoms with Gasteiger partial charge in [0.05, 0.1) is 11.5 Å². The van der Waals surface area contributed by atoms with Gasteiger partial charge >= 0.3 is 6.09 Å². The van der Waals surface area contributed by atoms with Gasteiger partial charge in [0.1, 0.15) is 17.7 Å². The number of nitrogens with zero attached hydrogens (tertiary/aromatic N) is 3. The molecule has 1 saturated heterocycles. The lowest BCUT2D eigenvalue weighted by Gasteiger charge is -2.48. The summed E-state index contributed by atoms with van der Waals surface area (Å²) in [6.07, 6.45) is 3.87. The molecule has 2 aliphatic rings. The van der Waals surface area contributed by atoms with Crippen LogP contribution in [0.5, 0.6) is 5.75 Å². The summed E-state index contributed by atoms with van der Waals surface area (Å²) in [5.74, 6) is 1.44. The van der Waals surface area contributed by atoms with Gasteiger partial charge in [0, 0.05) is 35.2 Å². The summed E-state index contributed by atoms with van der Waals surface area (Å²) in [7, 11) is 0. The van der Waals surface area contributed by atoms with Gasteiger partial charge in [0.15, 0.2) is 0 Å². The van der Waals surface area contributed by atoms with Crippen LogP contribution in [0.3, 0.4) is 0 Å². The molecule has 7 nitrogen and oxygen atoms in total. The number of ether oxygens (including phenoxy) is 2. The predicted octanol–water partition coefficient (Wildman–Crippen LogP) is 4.70. The molecule has 1 fully saturated rings. The van der Waals surface area contributed by atoms with Crippen LogP contribution in [0.4, 0.5) is 4.79 Å². The number of aliphatic imine (C=N–C) groups is 2. The normalized spacial score (nSPS) is 26.3. The molecule has 3 atom stereocenters. The first-order valence-electron chi connectivity index (χ1n) is 10.4. The summed E-state index contributed by atoms with van der Waals surface area (Å²) >= 11 is 0. The molecule has 1 aromatic carbocycles. The molecule has 0 bridgehead atoms. The average Bonchev–Trinajstić information content (AvgIpc) is 3.12. The summed E-state index contributed by atoms with van der Waals surface area (Å²) in [6, 6.07) is 5.89. The predicted molar refractivity (Wildman–Crippen MR) is 119 cm³/mol. The molecule has 1 amide bonds. The second-order valence-corrected chi connectivity index (χ2v) is 9.55. The first-order valence-corrected chi connectivity index (χ1v) is 10.4. The number of carbonyl (C=O) groups is 1. The molecule has 3 heterocycles. The van der Waals surface area contributed by atoms with Crippen molar-refractivity contribution in [2.45, 2.75) is 65.6 Å². The smallest absolute Gasteiger partial charge is 0.410 e. The van der Waals surface area contributed by atoms with E-state index in [0.29, 0.717) is 18.9 Å². The Hall–Kier alpha value is -2.83. The van der Waals surface area contributed by atoms with E-state index >= 15 is 0 Å². The molecule has 2 aromatic rings. The minimum atomic E-state index is -0.530. The Bertz CT molecular complexity index is 1030. The Kier molecular flexibility index (Phi) is 4.87. The number of rotatable bonds is 1. The third-order valence-electron chi connectivity index (χ3n) is 6.06. The molecule has 0 saturated carbocycles. The summed E-state index contributed by atoms with van der Waals surface area (Å²) in [5, 5.41) is 1.13. The molecule has 0 radical (unpaired) electrons. The minimum absolute atomic E-state index is 0.0172. The van der Waals surface area contributed by atoms with Crippen LogP contribution in [-0.2, 0) is 4.74 Å². The highest BCUT2D eigenvalue weighted by Crippen LogP contribution is 2.41. The van der Waals surface area contributed by atoms with Crippen molar-refractivity contribution in [2.75, 3.05) is 6.54 Å². The highest BCUT2D eigenvalue weighted by atomic mass is 16.6. The van der Waals surface area contributed by atoms with Gasteiger partial charge in [-0.25, -0.2) is 9.79 Å². The fourth-order valence-electron chi connectivity index (χ4n) is 4.38. The van der Waals surface area contributed by atoms with Crippen molar-refractivity contribution in [1.82, 2.24) is 9.88 Å². The molecule has 1 aromatic heterocycles. The number of hydrogen-bond donors (Lipinski definition) is 1. The number of aromatic amines is 1. The number of amides is 1. The quantitative estimate of drug-likeness (QED) is 0.740. The number of nitrogens with one attached hydrogen (secondary N) is 1. The Balaban J connectivity index is 1.58. The number of piperidine rings is 1. The van der Waals surface area contributed by atoms with E-state index in [0.717, 1.165) is 22.2 Å². The number of hydrogen-bond acceptors (Lipinski definition) is 5. The number of benzene rings is 1. The number of likely N-dealkylation sites (tertiary alicyclic amines) is 1. The standard InChI is InChI=1S/C23H30N4O3/c1-14-11-23(6)19(12-27(14)21(28)30-22(3,4)5)25-13-26-20(23)29-18-8-7-17-16(15(18)2)9-10-24-17/h7-10,13-14,19,24H,11-12H2,1-6H3/t14-,19?,23?/m0/s1. The lowest BCUT2D eigenvalue weighted by Crippen LogP contribution is -2.59. The molecular formula is C23H30N4O3. The van der Waals surface area contributed by atoms with Gasteiger partial charge in [0.2, 0.25) is 5.90 Å². The van der Waals surface area contributed by atoms with Gasteiger partial charge in [0.25, 0.3) is 0 Å². The average molecular weight is 411 g/mol. The first-order chi connectivity index (χ1) is 14.1. The molecule has 0 aliphatic carbocycles.